The van der Waals surface area contributed by atoms with E-state index in [1.54, 1.807) is 0 Å². The number of amides is 1. The lowest BCUT2D eigenvalue weighted by atomic mass is 9.89. The molecule has 1 heterocycles. The smallest absolute Gasteiger partial charge is 0.308 e. The number of esters is 1. The Balaban J connectivity index is 1.32. The van der Waals surface area contributed by atoms with Crippen LogP contribution in [-0.4, -0.2) is 57.5 Å². The molecule has 5 atom stereocenters. The van der Waals surface area contributed by atoms with E-state index in [1.807, 2.05) is 20.8 Å². The van der Waals surface area contributed by atoms with Gasteiger partial charge < -0.3 is 14.8 Å². The van der Waals surface area contributed by atoms with Crippen LogP contribution in [0.15, 0.2) is 0 Å². The molecule has 1 amide bonds. The highest BCUT2D eigenvalue weighted by Gasteiger charge is 2.64. The van der Waals surface area contributed by atoms with Gasteiger partial charge in [0.15, 0.2) is 0 Å². The molecule has 2 bridgehead atoms. The van der Waals surface area contributed by atoms with E-state index in [2.05, 4.69) is 5.32 Å². The fraction of sp³-hybridized carbons (Fsp3) is 0.889. The first-order valence-corrected chi connectivity index (χ1v) is 11.1. The lowest BCUT2D eigenvalue weighted by Crippen LogP contribution is -2.38. The highest BCUT2D eigenvalue weighted by Crippen LogP contribution is 2.55. The highest BCUT2D eigenvalue weighted by molar-refractivity contribution is 7.87. The first-order valence-electron chi connectivity index (χ1n) is 9.63. The summed E-state index contributed by atoms with van der Waals surface area (Å²) in [7, 11) is -3.45. The van der Waals surface area contributed by atoms with Gasteiger partial charge in [-0.25, -0.2) is 0 Å². The molecular weight excluding hydrogens is 374 g/mol. The maximum atomic E-state index is 11.9. The van der Waals surface area contributed by atoms with Crippen molar-refractivity contribution in [2.24, 2.45) is 17.3 Å². The van der Waals surface area contributed by atoms with E-state index in [4.69, 9.17) is 13.7 Å². The van der Waals surface area contributed by atoms with Crippen LogP contribution in [0.4, 0.5) is 0 Å². The average Bonchev–Trinajstić information content (AvgIpc) is 3.22. The molecule has 0 aromatic rings. The van der Waals surface area contributed by atoms with Crippen LogP contribution in [0.1, 0.15) is 46.5 Å². The SMILES string of the molecule is CCC(C)(C)C(=O)NCCOC(=O)CCOC1C2CC3C1OS(=O)(=O)C3C2. The van der Waals surface area contributed by atoms with E-state index in [0.29, 0.717) is 6.42 Å². The van der Waals surface area contributed by atoms with Crippen LogP contribution >= 0.6 is 0 Å². The summed E-state index contributed by atoms with van der Waals surface area (Å²) in [6, 6.07) is 0. The largest absolute Gasteiger partial charge is 0.464 e. The summed E-state index contributed by atoms with van der Waals surface area (Å²) in [4.78, 5) is 23.7. The van der Waals surface area contributed by atoms with Crippen molar-refractivity contribution in [3.63, 3.8) is 0 Å². The zero-order chi connectivity index (χ0) is 19.8. The molecule has 0 aromatic heterocycles. The van der Waals surface area contributed by atoms with E-state index in [9.17, 15) is 18.0 Å². The van der Waals surface area contributed by atoms with Crippen molar-refractivity contribution >= 4 is 22.0 Å². The van der Waals surface area contributed by atoms with Crippen LogP contribution in [0, 0.1) is 17.3 Å². The van der Waals surface area contributed by atoms with Crippen LogP contribution in [0.25, 0.3) is 0 Å². The van der Waals surface area contributed by atoms with Gasteiger partial charge in [0.1, 0.15) is 12.7 Å². The maximum Gasteiger partial charge on any atom is 0.308 e. The first kappa shape index (κ1) is 20.5. The topological polar surface area (TPSA) is 108 Å². The van der Waals surface area contributed by atoms with Gasteiger partial charge in [0, 0.05) is 11.3 Å². The fourth-order valence-electron chi connectivity index (χ4n) is 4.19. The summed E-state index contributed by atoms with van der Waals surface area (Å²) in [5.41, 5.74) is -0.437. The van der Waals surface area contributed by atoms with Crippen molar-refractivity contribution in [1.82, 2.24) is 5.32 Å². The third-order valence-corrected chi connectivity index (χ3v) is 7.95. The molecule has 3 fully saturated rings. The first-order chi connectivity index (χ1) is 12.7. The third kappa shape index (κ3) is 4.14. The summed E-state index contributed by atoms with van der Waals surface area (Å²) >= 11 is 0. The number of nitrogens with one attached hydrogen (secondary N) is 1. The van der Waals surface area contributed by atoms with Crippen LogP contribution in [0.3, 0.4) is 0 Å². The molecular formula is C18H29NO7S. The lowest BCUT2D eigenvalue weighted by molar-refractivity contribution is -0.146. The summed E-state index contributed by atoms with van der Waals surface area (Å²) in [6.45, 7) is 6.24. The number of hydrogen-bond donors (Lipinski definition) is 1. The minimum atomic E-state index is -3.45. The summed E-state index contributed by atoms with van der Waals surface area (Å²) in [5, 5.41) is 2.38. The number of fused-ring (bicyclic) bond motifs is 1. The monoisotopic (exact) mass is 403 g/mol. The van der Waals surface area contributed by atoms with Gasteiger partial charge in [-0.15, -0.1) is 0 Å². The molecule has 1 N–H and O–H groups in total. The molecule has 3 rings (SSSR count). The number of hydrogen-bond acceptors (Lipinski definition) is 7. The van der Waals surface area contributed by atoms with Gasteiger partial charge in [-0.05, 0) is 25.2 Å². The Hall–Kier alpha value is -1.19. The molecule has 1 saturated heterocycles. The second-order valence-corrected chi connectivity index (χ2v) is 10.1. The zero-order valence-electron chi connectivity index (χ0n) is 16.1. The molecule has 27 heavy (non-hydrogen) atoms. The molecule has 2 aliphatic carbocycles. The van der Waals surface area contributed by atoms with Crippen LogP contribution in [0.2, 0.25) is 0 Å². The molecule has 8 nitrogen and oxygen atoms in total. The van der Waals surface area contributed by atoms with E-state index in [-0.39, 0.29) is 55.3 Å². The Morgan fingerprint density at radius 1 is 1.22 bits per heavy atom. The van der Waals surface area contributed by atoms with Gasteiger partial charge in [-0.2, -0.15) is 8.42 Å². The van der Waals surface area contributed by atoms with Gasteiger partial charge in [0.25, 0.3) is 10.1 Å². The van der Waals surface area contributed by atoms with E-state index in [1.165, 1.54) is 0 Å². The molecule has 154 valence electrons. The van der Waals surface area contributed by atoms with Crippen molar-refractivity contribution in [2.45, 2.75) is 63.9 Å². The van der Waals surface area contributed by atoms with E-state index in [0.717, 1.165) is 12.8 Å². The second kappa shape index (κ2) is 7.67. The normalized spacial score (nSPS) is 33.2. The van der Waals surface area contributed by atoms with Gasteiger partial charge in [0.05, 0.1) is 30.9 Å². The molecule has 0 radical (unpaired) electrons. The van der Waals surface area contributed by atoms with Crippen molar-refractivity contribution in [3.8, 4) is 0 Å². The predicted molar refractivity (Wildman–Crippen MR) is 96.2 cm³/mol. The van der Waals surface area contributed by atoms with Gasteiger partial charge in [0.2, 0.25) is 5.91 Å². The molecule has 0 aromatic carbocycles. The fourth-order valence-corrected chi connectivity index (χ4v) is 6.07. The molecule has 9 heteroatoms. The molecule has 3 aliphatic rings. The summed E-state index contributed by atoms with van der Waals surface area (Å²) in [5.74, 6) is -0.242. The molecule has 1 aliphatic heterocycles. The van der Waals surface area contributed by atoms with Crippen molar-refractivity contribution < 1.29 is 31.7 Å². The summed E-state index contributed by atoms with van der Waals surface area (Å²) in [6.07, 6.45) is 1.57. The number of carbonyl (C=O) groups excluding carboxylic acids is 2. The minimum Gasteiger partial charge on any atom is -0.464 e. The van der Waals surface area contributed by atoms with Crippen molar-refractivity contribution in [1.29, 1.82) is 0 Å². The maximum absolute atomic E-state index is 11.9. The lowest BCUT2D eigenvalue weighted by Gasteiger charge is -2.25. The van der Waals surface area contributed by atoms with Crippen molar-refractivity contribution in [3.05, 3.63) is 0 Å². The van der Waals surface area contributed by atoms with Crippen LogP contribution in [-0.2, 0) is 33.4 Å². The molecule has 0 spiro atoms. The third-order valence-electron chi connectivity index (χ3n) is 6.18. The molecule has 2 saturated carbocycles. The van der Waals surface area contributed by atoms with E-state index >= 15 is 0 Å². The standard InChI is InChI=1S/C18H29NO7S/c1-4-18(2,3)17(21)19-6-8-24-14(20)5-7-25-15-11-9-12-13(10-11)27(22,23)26-16(12)15/h11-13,15-16H,4-10H2,1-3H3,(H,19,21). The minimum absolute atomic E-state index is 0.0351. The number of ether oxygens (including phenoxy) is 2. The van der Waals surface area contributed by atoms with Gasteiger partial charge in [-0.1, -0.05) is 20.8 Å². The van der Waals surface area contributed by atoms with Crippen LogP contribution < -0.4 is 5.32 Å². The number of rotatable bonds is 9. The van der Waals surface area contributed by atoms with Crippen LogP contribution in [0.5, 0.6) is 0 Å². The predicted octanol–water partition coefficient (Wildman–Crippen LogP) is 0.994. The zero-order valence-corrected chi connectivity index (χ0v) is 16.9. The Morgan fingerprint density at radius 2 is 1.96 bits per heavy atom. The number of carbonyl (C=O) groups is 2. The second-order valence-electron chi connectivity index (χ2n) is 8.29. The Labute approximate surface area is 160 Å². The van der Waals surface area contributed by atoms with Crippen molar-refractivity contribution in [2.75, 3.05) is 19.8 Å². The quantitative estimate of drug-likeness (QED) is 0.347. The highest BCUT2D eigenvalue weighted by atomic mass is 32.2. The van der Waals surface area contributed by atoms with E-state index < -0.39 is 27.6 Å². The van der Waals surface area contributed by atoms with Gasteiger partial charge in [-0.3, -0.25) is 13.8 Å². The average molecular weight is 403 g/mol. The molecule has 5 unspecified atom stereocenters. The Kier molecular flexibility index (Phi) is 5.84. The Morgan fingerprint density at radius 3 is 2.67 bits per heavy atom. The summed E-state index contributed by atoms with van der Waals surface area (Å²) < 4.78 is 39.9. The Bertz CT molecular complexity index is 690. The van der Waals surface area contributed by atoms with Gasteiger partial charge >= 0.3 is 5.97 Å².